The summed E-state index contributed by atoms with van der Waals surface area (Å²) >= 11 is 0. The monoisotopic (exact) mass is 277 g/mol. The number of nitrogens with one attached hydrogen (secondary N) is 4. The average molecular weight is 277 g/mol. The van der Waals surface area contributed by atoms with Gasteiger partial charge in [-0.05, 0) is 6.42 Å². The van der Waals surface area contributed by atoms with Crippen molar-refractivity contribution >= 4 is 11.7 Å². The van der Waals surface area contributed by atoms with Crippen molar-refractivity contribution in [2.24, 2.45) is 15.5 Å². The molecule has 0 bridgehead atoms. The summed E-state index contributed by atoms with van der Waals surface area (Å²) in [4.78, 5) is 4.69. The van der Waals surface area contributed by atoms with E-state index in [1.807, 2.05) is 0 Å². The molecule has 20 heavy (non-hydrogen) atoms. The van der Waals surface area contributed by atoms with Crippen molar-refractivity contribution in [3.63, 3.8) is 0 Å². The molecule has 2 saturated heterocycles. The summed E-state index contributed by atoms with van der Waals surface area (Å²) in [6, 6.07) is 0. The highest BCUT2D eigenvalue weighted by atomic mass is 15.6. The Hall–Kier alpha value is -1.38. The maximum absolute atomic E-state index is 4.69. The van der Waals surface area contributed by atoms with Gasteiger partial charge in [-0.3, -0.25) is 20.6 Å². The van der Waals surface area contributed by atoms with E-state index in [2.05, 4.69) is 41.9 Å². The van der Waals surface area contributed by atoms with E-state index in [9.17, 15) is 0 Å². The number of hydrogen-bond donors (Lipinski definition) is 4. The molecule has 0 saturated carbocycles. The molecule has 4 N–H and O–H groups in total. The van der Waals surface area contributed by atoms with Gasteiger partial charge in [-0.15, -0.1) is 5.10 Å². The Morgan fingerprint density at radius 2 is 2.05 bits per heavy atom. The van der Waals surface area contributed by atoms with E-state index in [1.165, 1.54) is 0 Å². The molecule has 0 amide bonds. The summed E-state index contributed by atoms with van der Waals surface area (Å²) in [6.07, 6.45) is 1.28. The third kappa shape index (κ3) is 1.72. The lowest BCUT2D eigenvalue weighted by molar-refractivity contribution is 0.316. The Bertz CT molecular complexity index is 435. The van der Waals surface area contributed by atoms with Crippen LogP contribution >= 0.6 is 0 Å². The maximum Gasteiger partial charge on any atom is 0.160 e. The van der Waals surface area contributed by atoms with Crippen LogP contribution in [0.2, 0.25) is 0 Å². The second-order valence-electron chi connectivity index (χ2n) is 5.61. The summed E-state index contributed by atoms with van der Waals surface area (Å²) in [5, 5.41) is 17.1. The molecule has 0 spiro atoms. The number of nitrogens with zero attached hydrogens (tertiary/aromatic N) is 4. The van der Waals surface area contributed by atoms with Gasteiger partial charge in [0.1, 0.15) is 11.3 Å². The van der Waals surface area contributed by atoms with Gasteiger partial charge in [0.15, 0.2) is 5.84 Å². The first-order chi connectivity index (χ1) is 9.91. The molecular formula is C12H21N8. The molecule has 0 aromatic heterocycles. The Kier molecular flexibility index (Phi) is 3.01. The average Bonchev–Trinajstić information content (AvgIpc) is 3.23. The SMILES string of the molecule is C1CNN(C2=N[N]CC2(C2=NCCN2)C2NCCN2)C1. The van der Waals surface area contributed by atoms with E-state index in [-0.39, 0.29) is 11.6 Å². The zero-order chi connectivity index (χ0) is 13.4. The Balaban J connectivity index is 1.71. The van der Waals surface area contributed by atoms with Gasteiger partial charge in [0, 0.05) is 32.7 Å². The minimum absolute atomic E-state index is 0.138. The zero-order valence-electron chi connectivity index (χ0n) is 11.5. The smallest absolute Gasteiger partial charge is 0.160 e. The Morgan fingerprint density at radius 1 is 1.15 bits per heavy atom. The molecule has 1 radical (unpaired) electrons. The molecule has 8 heteroatoms. The number of rotatable bonds is 2. The molecule has 1 unspecified atom stereocenters. The summed E-state index contributed by atoms with van der Waals surface area (Å²) in [7, 11) is 0. The van der Waals surface area contributed by atoms with E-state index in [0.29, 0.717) is 6.54 Å². The molecule has 4 heterocycles. The van der Waals surface area contributed by atoms with Gasteiger partial charge >= 0.3 is 0 Å². The lowest BCUT2D eigenvalue weighted by Gasteiger charge is -2.38. The molecule has 0 aromatic rings. The summed E-state index contributed by atoms with van der Waals surface area (Å²) in [6.45, 7) is 6.32. The maximum atomic E-state index is 4.69. The second kappa shape index (κ2) is 4.87. The van der Waals surface area contributed by atoms with Crippen LogP contribution in [0.3, 0.4) is 0 Å². The molecule has 4 rings (SSSR count). The molecule has 0 aromatic carbocycles. The summed E-state index contributed by atoms with van der Waals surface area (Å²) < 4.78 is 0. The third-order valence-corrected chi connectivity index (χ3v) is 4.41. The second-order valence-corrected chi connectivity index (χ2v) is 5.61. The largest absolute Gasteiger partial charge is 0.371 e. The van der Waals surface area contributed by atoms with Crippen LogP contribution in [0.5, 0.6) is 0 Å². The molecule has 1 atom stereocenters. The minimum atomic E-state index is -0.301. The van der Waals surface area contributed by atoms with E-state index in [1.54, 1.807) is 0 Å². The first-order valence-corrected chi connectivity index (χ1v) is 7.43. The predicted molar refractivity (Wildman–Crippen MR) is 76.3 cm³/mol. The number of amidine groups is 2. The first-order valence-electron chi connectivity index (χ1n) is 7.43. The lowest BCUT2D eigenvalue weighted by atomic mass is 9.81. The molecule has 0 aliphatic carbocycles. The highest BCUT2D eigenvalue weighted by Crippen LogP contribution is 2.32. The van der Waals surface area contributed by atoms with Gasteiger partial charge in [-0.1, -0.05) is 0 Å². The van der Waals surface area contributed by atoms with Gasteiger partial charge in [0.05, 0.1) is 19.3 Å². The number of hydrogen-bond acceptors (Lipinski definition) is 7. The van der Waals surface area contributed by atoms with Crippen molar-refractivity contribution in [1.82, 2.24) is 31.8 Å². The molecular weight excluding hydrogens is 256 g/mol. The van der Waals surface area contributed by atoms with E-state index in [0.717, 1.165) is 57.4 Å². The van der Waals surface area contributed by atoms with Gasteiger partial charge < -0.3 is 5.32 Å². The fourth-order valence-corrected chi connectivity index (χ4v) is 3.47. The number of aliphatic imine (C=N–C) groups is 1. The first kappa shape index (κ1) is 12.4. The van der Waals surface area contributed by atoms with Crippen LogP contribution in [0, 0.1) is 5.41 Å². The predicted octanol–water partition coefficient (Wildman–Crippen LogP) is -2.36. The fraction of sp³-hybridized carbons (Fsp3) is 0.833. The number of hydrazine groups is 1. The van der Waals surface area contributed by atoms with E-state index < -0.39 is 0 Å². The van der Waals surface area contributed by atoms with E-state index >= 15 is 0 Å². The minimum Gasteiger partial charge on any atom is -0.371 e. The lowest BCUT2D eigenvalue weighted by Crippen LogP contribution is -2.64. The summed E-state index contributed by atoms with van der Waals surface area (Å²) in [5.41, 5.74) is 7.46. The van der Waals surface area contributed by atoms with Crippen LogP contribution < -0.4 is 26.8 Å². The zero-order valence-corrected chi connectivity index (χ0v) is 11.5. The van der Waals surface area contributed by atoms with Crippen LogP contribution in [0.15, 0.2) is 10.1 Å². The van der Waals surface area contributed by atoms with Crippen molar-refractivity contribution in [2.45, 2.75) is 12.6 Å². The van der Waals surface area contributed by atoms with Crippen molar-refractivity contribution < 1.29 is 0 Å². The normalized spacial score (nSPS) is 34.1. The van der Waals surface area contributed by atoms with E-state index in [4.69, 9.17) is 0 Å². The Labute approximate surface area is 118 Å². The van der Waals surface area contributed by atoms with Crippen molar-refractivity contribution in [2.75, 3.05) is 45.8 Å². The molecule has 8 nitrogen and oxygen atoms in total. The molecule has 109 valence electrons. The van der Waals surface area contributed by atoms with Crippen LogP contribution in [0.25, 0.3) is 0 Å². The van der Waals surface area contributed by atoms with Gasteiger partial charge in [-0.25, -0.2) is 5.43 Å². The molecule has 4 aliphatic heterocycles. The van der Waals surface area contributed by atoms with Gasteiger partial charge in [-0.2, -0.15) is 5.43 Å². The van der Waals surface area contributed by atoms with Crippen molar-refractivity contribution in [3.05, 3.63) is 0 Å². The van der Waals surface area contributed by atoms with Gasteiger partial charge in [0.2, 0.25) is 0 Å². The fourth-order valence-electron chi connectivity index (χ4n) is 3.47. The molecule has 2 fully saturated rings. The summed E-state index contributed by atoms with van der Waals surface area (Å²) in [5.74, 6) is 2.02. The molecule has 4 aliphatic rings. The Morgan fingerprint density at radius 3 is 2.75 bits per heavy atom. The van der Waals surface area contributed by atoms with Crippen LogP contribution in [0.1, 0.15) is 6.42 Å². The highest BCUT2D eigenvalue weighted by Gasteiger charge is 2.55. The van der Waals surface area contributed by atoms with Crippen LogP contribution in [-0.2, 0) is 0 Å². The quantitative estimate of drug-likeness (QED) is 0.453. The standard InChI is InChI=1S/C12H21N8/c1-2-18-20(7-1)11-12(8-17-19-11,9-13-3-4-14-9)10-15-5-6-16-10/h9,13-14,18H,1-8H2,(H,15,16). The van der Waals surface area contributed by atoms with Crippen LogP contribution in [-0.4, -0.2) is 68.7 Å². The van der Waals surface area contributed by atoms with Gasteiger partial charge in [0.25, 0.3) is 0 Å². The highest BCUT2D eigenvalue weighted by molar-refractivity contribution is 6.12. The van der Waals surface area contributed by atoms with Crippen molar-refractivity contribution in [1.29, 1.82) is 0 Å². The van der Waals surface area contributed by atoms with Crippen LogP contribution in [0.4, 0.5) is 0 Å². The van der Waals surface area contributed by atoms with Crippen molar-refractivity contribution in [3.8, 4) is 0 Å². The third-order valence-electron chi connectivity index (χ3n) is 4.41. The topological polar surface area (TPSA) is 90.2 Å².